The van der Waals surface area contributed by atoms with E-state index in [0.717, 1.165) is 24.3 Å². The highest BCUT2D eigenvalue weighted by Gasteiger charge is 2.76. The van der Waals surface area contributed by atoms with Crippen LogP contribution in [0.3, 0.4) is 0 Å². The molecule has 12 heteroatoms. The molecule has 0 spiro atoms. The van der Waals surface area contributed by atoms with Gasteiger partial charge in [-0.25, -0.2) is 14.0 Å². The quantitative estimate of drug-likeness (QED) is 0.484. The van der Waals surface area contributed by atoms with Crippen molar-refractivity contribution in [3.05, 3.63) is 35.6 Å². The standard InChI is InChI=1S/C13H9F7O5/c14-8-3-1-7(2-4-8)9(21)24-5-6-25-10(22)11(23,12(15,16)17)13(18,19)20/h1-4,23H,5-6H2. The van der Waals surface area contributed by atoms with Crippen LogP contribution in [0.25, 0.3) is 0 Å². The first-order valence-corrected chi connectivity index (χ1v) is 6.26. The Labute approximate surface area is 134 Å². The van der Waals surface area contributed by atoms with Crippen LogP contribution < -0.4 is 0 Å². The van der Waals surface area contributed by atoms with Crippen LogP contribution in [0.1, 0.15) is 10.4 Å². The molecule has 1 rings (SSSR count). The number of hydrogen-bond donors (Lipinski definition) is 1. The molecule has 1 aromatic rings. The molecule has 5 nitrogen and oxygen atoms in total. The number of aliphatic hydroxyl groups is 1. The summed E-state index contributed by atoms with van der Waals surface area (Å²) in [4.78, 5) is 22.4. The van der Waals surface area contributed by atoms with Crippen molar-refractivity contribution in [1.82, 2.24) is 0 Å². The van der Waals surface area contributed by atoms with E-state index >= 15 is 0 Å². The Hall–Kier alpha value is -2.37. The second-order valence-electron chi connectivity index (χ2n) is 4.48. The van der Waals surface area contributed by atoms with E-state index in [-0.39, 0.29) is 5.56 Å². The summed E-state index contributed by atoms with van der Waals surface area (Å²) in [5.74, 6) is -4.76. The fraction of sp³-hybridized carbons (Fsp3) is 0.385. The number of ether oxygens (including phenoxy) is 2. The molecule has 0 unspecified atom stereocenters. The summed E-state index contributed by atoms with van der Waals surface area (Å²) >= 11 is 0. The third-order valence-electron chi connectivity index (χ3n) is 2.75. The van der Waals surface area contributed by atoms with Crippen molar-refractivity contribution in [2.45, 2.75) is 18.0 Å². The molecular formula is C13H9F7O5. The van der Waals surface area contributed by atoms with Gasteiger partial charge in [0.25, 0.3) is 0 Å². The maximum atomic E-state index is 12.6. The van der Waals surface area contributed by atoms with Crippen molar-refractivity contribution < 1.29 is 54.9 Å². The minimum absolute atomic E-state index is 0.158. The lowest BCUT2D eigenvalue weighted by Gasteiger charge is -2.29. The third kappa shape index (κ3) is 4.59. The summed E-state index contributed by atoms with van der Waals surface area (Å²) in [7, 11) is 0. The second-order valence-corrected chi connectivity index (χ2v) is 4.48. The molecule has 0 amide bonds. The first-order chi connectivity index (χ1) is 11.3. The van der Waals surface area contributed by atoms with Crippen molar-refractivity contribution in [3.8, 4) is 0 Å². The lowest BCUT2D eigenvalue weighted by molar-refractivity contribution is -0.357. The molecule has 0 saturated carbocycles. The van der Waals surface area contributed by atoms with E-state index in [1.165, 1.54) is 0 Å². The van der Waals surface area contributed by atoms with Crippen molar-refractivity contribution >= 4 is 11.9 Å². The normalized spacial score (nSPS) is 12.6. The maximum Gasteiger partial charge on any atom is 0.437 e. The summed E-state index contributed by atoms with van der Waals surface area (Å²) in [6.45, 7) is -2.08. The maximum absolute atomic E-state index is 12.6. The van der Waals surface area contributed by atoms with Crippen LogP contribution in [0.4, 0.5) is 30.7 Å². The number of hydrogen-bond acceptors (Lipinski definition) is 5. The van der Waals surface area contributed by atoms with Crippen LogP contribution in [0.15, 0.2) is 24.3 Å². The first-order valence-electron chi connectivity index (χ1n) is 6.26. The number of halogens is 7. The van der Waals surface area contributed by atoms with Crippen LogP contribution in [0.2, 0.25) is 0 Å². The van der Waals surface area contributed by atoms with Gasteiger partial charge in [-0.2, -0.15) is 26.3 Å². The zero-order chi connectivity index (χ0) is 19.5. The molecule has 0 aliphatic rings. The number of esters is 2. The van der Waals surface area contributed by atoms with Crippen LogP contribution in [-0.2, 0) is 14.3 Å². The zero-order valence-electron chi connectivity index (χ0n) is 11.9. The molecule has 25 heavy (non-hydrogen) atoms. The zero-order valence-corrected chi connectivity index (χ0v) is 11.9. The lowest BCUT2D eigenvalue weighted by atomic mass is 10.0. The summed E-state index contributed by atoms with van der Waals surface area (Å²) in [5.41, 5.74) is -5.86. The number of rotatable bonds is 5. The molecule has 1 aromatic carbocycles. The van der Waals surface area contributed by atoms with Gasteiger partial charge in [-0.05, 0) is 24.3 Å². The summed E-state index contributed by atoms with van der Waals surface area (Å²) in [6, 6.07) is 3.83. The molecule has 0 aliphatic carbocycles. The average Bonchev–Trinajstić information content (AvgIpc) is 2.48. The van der Waals surface area contributed by atoms with Gasteiger partial charge in [-0.3, -0.25) is 0 Å². The smallest absolute Gasteiger partial charge is 0.437 e. The largest absolute Gasteiger partial charge is 0.459 e. The molecular weight excluding hydrogens is 369 g/mol. The molecule has 0 radical (unpaired) electrons. The van der Waals surface area contributed by atoms with Crippen molar-refractivity contribution in [2.75, 3.05) is 13.2 Å². The highest BCUT2D eigenvalue weighted by Crippen LogP contribution is 2.43. The van der Waals surface area contributed by atoms with E-state index in [1.54, 1.807) is 0 Å². The fourth-order valence-electron chi connectivity index (χ4n) is 1.43. The molecule has 0 atom stereocenters. The molecule has 0 aliphatic heterocycles. The Bertz CT molecular complexity index is 607. The van der Waals surface area contributed by atoms with E-state index < -0.39 is 48.9 Å². The predicted octanol–water partition coefficient (Wildman–Crippen LogP) is 2.38. The Balaban J connectivity index is 2.61. The summed E-state index contributed by atoms with van der Waals surface area (Å²) in [5, 5.41) is 8.70. The highest BCUT2D eigenvalue weighted by atomic mass is 19.4. The van der Waals surface area contributed by atoms with Crippen LogP contribution >= 0.6 is 0 Å². The highest BCUT2D eigenvalue weighted by molar-refractivity contribution is 5.89. The van der Waals surface area contributed by atoms with E-state index in [1.807, 2.05) is 0 Å². The van der Waals surface area contributed by atoms with Gasteiger partial charge in [0.15, 0.2) is 0 Å². The Kier molecular flexibility index (Phi) is 6.00. The fourth-order valence-corrected chi connectivity index (χ4v) is 1.43. The molecule has 0 aromatic heterocycles. The van der Waals surface area contributed by atoms with Crippen LogP contribution in [0, 0.1) is 5.82 Å². The number of carbonyl (C=O) groups excluding carboxylic acids is 2. The summed E-state index contributed by atoms with van der Waals surface area (Å²) < 4.78 is 94.9. The molecule has 0 saturated heterocycles. The molecule has 1 N–H and O–H groups in total. The number of alkyl halides is 6. The van der Waals surface area contributed by atoms with Crippen LogP contribution in [-0.4, -0.2) is 48.2 Å². The van der Waals surface area contributed by atoms with E-state index in [2.05, 4.69) is 9.47 Å². The topological polar surface area (TPSA) is 72.8 Å². The van der Waals surface area contributed by atoms with Crippen LogP contribution in [0.5, 0.6) is 0 Å². The van der Waals surface area contributed by atoms with Crippen molar-refractivity contribution in [3.63, 3.8) is 0 Å². The van der Waals surface area contributed by atoms with Gasteiger partial charge in [0.1, 0.15) is 19.0 Å². The average molecular weight is 378 g/mol. The number of carbonyl (C=O) groups is 2. The van der Waals surface area contributed by atoms with E-state index in [9.17, 15) is 40.3 Å². The summed E-state index contributed by atoms with van der Waals surface area (Å²) in [6.07, 6.45) is -12.7. The second kappa shape index (κ2) is 7.25. The van der Waals surface area contributed by atoms with Crippen molar-refractivity contribution in [1.29, 1.82) is 0 Å². The minimum Gasteiger partial charge on any atom is -0.459 e. The Morgan fingerprint density at radius 2 is 1.32 bits per heavy atom. The number of benzene rings is 1. The van der Waals surface area contributed by atoms with E-state index in [0.29, 0.717) is 0 Å². The predicted molar refractivity (Wildman–Crippen MR) is 64.7 cm³/mol. The minimum atomic E-state index is -6.37. The lowest BCUT2D eigenvalue weighted by Crippen LogP contribution is -2.63. The van der Waals surface area contributed by atoms with Gasteiger partial charge in [-0.1, -0.05) is 0 Å². The molecule has 140 valence electrons. The molecule has 0 fully saturated rings. The first kappa shape index (κ1) is 20.7. The SMILES string of the molecule is O=C(OCCOC(=O)C(O)(C(F)(F)F)C(F)(F)F)c1ccc(F)cc1. The Morgan fingerprint density at radius 1 is 0.880 bits per heavy atom. The molecule has 0 heterocycles. The van der Waals surface area contributed by atoms with Gasteiger partial charge in [0, 0.05) is 0 Å². The van der Waals surface area contributed by atoms with E-state index in [4.69, 9.17) is 5.11 Å². The van der Waals surface area contributed by atoms with Gasteiger partial charge in [0.05, 0.1) is 5.56 Å². The van der Waals surface area contributed by atoms with Gasteiger partial charge < -0.3 is 14.6 Å². The van der Waals surface area contributed by atoms with Gasteiger partial charge in [-0.15, -0.1) is 0 Å². The van der Waals surface area contributed by atoms with Gasteiger partial charge in [0.2, 0.25) is 0 Å². The monoisotopic (exact) mass is 378 g/mol. The Morgan fingerprint density at radius 3 is 1.76 bits per heavy atom. The van der Waals surface area contributed by atoms with Crippen molar-refractivity contribution in [2.24, 2.45) is 0 Å². The third-order valence-corrected chi connectivity index (χ3v) is 2.75. The van der Waals surface area contributed by atoms with Gasteiger partial charge >= 0.3 is 29.9 Å². The molecule has 0 bridgehead atoms.